The number of carbonyl (C=O) groups is 1. The lowest BCUT2D eigenvalue weighted by Crippen LogP contribution is -2.48. The molecular formula is C20H24N2O3. The van der Waals surface area contributed by atoms with Gasteiger partial charge in [-0.15, -0.1) is 0 Å². The minimum Gasteiger partial charge on any atom is -0.493 e. The Morgan fingerprint density at radius 3 is 2.80 bits per heavy atom. The highest BCUT2D eigenvalue weighted by Gasteiger charge is 2.21. The molecule has 1 amide bonds. The maximum absolute atomic E-state index is 12.3. The van der Waals surface area contributed by atoms with Crippen LogP contribution in [0, 0.1) is 0 Å². The van der Waals surface area contributed by atoms with Gasteiger partial charge in [0.1, 0.15) is 11.5 Å². The average Bonchev–Trinajstić information content (AvgIpc) is 3.31. The second-order valence-corrected chi connectivity index (χ2v) is 6.78. The number of hydrogen-bond donors (Lipinski definition) is 0. The van der Waals surface area contributed by atoms with E-state index in [9.17, 15) is 4.79 Å². The third-order valence-corrected chi connectivity index (χ3v) is 5.05. The van der Waals surface area contributed by atoms with Gasteiger partial charge >= 0.3 is 0 Å². The lowest BCUT2D eigenvalue weighted by molar-refractivity contribution is -0.133. The quantitative estimate of drug-likeness (QED) is 0.839. The second kappa shape index (κ2) is 7.31. The van der Waals surface area contributed by atoms with Crippen molar-refractivity contribution in [2.75, 3.05) is 32.8 Å². The fraction of sp³-hybridized carbons (Fsp3) is 0.450. The smallest absolute Gasteiger partial charge is 0.223 e. The number of amides is 1. The Morgan fingerprint density at radius 2 is 2.00 bits per heavy atom. The Labute approximate surface area is 148 Å². The first kappa shape index (κ1) is 16.2. The Kier molecular flexibility index (Phi) is 4.74. The molecule has 4 rings (SSSR count). The standard InChI is InChI=1S/C20H24N2O3/c23-20(6-4-18-2-1-12-24-18)22-10-8-21(9-11-22)15-16-3-5-19-17(14-16)7-13-25-19/h1-3,5,12,14H,4,6-11,13,15H2. The molecule has 0 saturated carbocycles. The summed E-state index contributed by atoms with van der Waals surface area (Å²) in [6, 6.07) is 10.3. The molecule has 1 aromatic heterocycles. The third-order valence-electron chi connectivity index (χ3n) is 5.05. The normalized spacial score (nSPS) is 17.4. The van der Waals surface area contributed by atoms with Gasteiger partial charge in [0.25, 0.3) is 0 Å². The van der Waals surface area contributed by atoms with Crippen LogP contribution in [0.25, 0.3) is 0 Å². The molecule has 1 saturated heterocycles. The molecule has 1 aromatic carbocycles. The molecule has 0 radical (unpaired) electrons. The molecule has 2 aliphatic rings. The number of piperazine rings is 1. The number of carbonyl (C=O) groups excluding carboxylic acids is 1. The number of hydrogen-bond acceptors (Lipinski definition) is 4. The van der Waals surface area contributed by atoms with Crippen molar-refractivity contribution in [1.29, 1.82) is 0 Å². The van der Waals surface area contributed by atoms with Crippen molar-refractivity contribution >= 4 is 5.91 Å². The number of ether oxygens (including phenoxy) is 1. The van der Waals surface area contributed by atoms with Gasteiger partial charge < -0.3 is 14.1 Å². The van der Waals surface area contributed by atoms with E-state index in [0.29, 0.717) is 12.8 Å². The minimum absolute atomic E-state index is 0.228. The maximum atomic E-state index is 12.3. The van der Waals surface area contributed by atoms with Gasteiger partial charge in [0.05, 0.1) is 12.9 Å². The molecule has 5 nitrogen and oxygen atoms in total. The highest BCUT2D eigenvalue weighted by molar-refractivity contribution is 5.76. The zero-order valence-corrected chi connectivity index (χ0v) is 14.4. The summed E-state index contributed by atoms with van der Waals surface area (Å²) >= 11 is 0. The van der Waals surface area contributed by atoms with E-state index < -0.39 is 0 Å². The summed E-state index contributed by atoms with van der Waals surface area (Å²) in [5.74, 6) is 2.15. The van der Waals surface area contributed by atoms with E-state index in [1.54, 1.807) is 6.26 Å². The number of nitrogens with zero attached hydrogens (tertiary/aromatic N) is 2. The molecule has 0 spiro atoms. The highest BCUT2D eigenvalue weighted by atomic mass is 16.5. The van der Waals surface area contributed by atoms with E-state index >= 15 is 0 Å². The number of rotatable bonds is 5. The number of fused-ring (bicyclic) bond motifs is 1. The SMILES string of the molecule is O=C(CCc1ccco1)N1CCN(Cc2ccc3c(c2)CCO3)CC1. The molecule has 2 aromatic rings. The largest absolute Gasteiger partial charge is 0.493 e. The minimum atomic E-state index is 0.228. The van der Waals surface area contributed by atoms with Crippen molar-refractivity contribution in [3.63, 3.8) is 0 Å². The van der Waals surface area contributed by atoms with Crippen LogP contribution < -0.4 is 4.74 Å². The molecule has 3 heterocycles. The van der Waals surface area contributed by atoms with Gasteiger partial charge in [0.2, 0.25) is 5.91 Å². The average molecular weight is 340 g/mol. The van der Waals surface area contributed by atoms with Gasteiger partial charge in [-0.05, 0) is 29.3 Å². The predicted octanol–water partition coefficient (Wildman–Crippen LogP) is 2.49. The van der Waals surface area contributed by atoms with Crippen LogP contribution in [-0.2, 0) is 24.2 Å². The zero-order valence-electron chi connectivity index (χ0n) is 14.4. The van der Waals surface area contributed by atoms with Crippen LogP contribution in [0.4, 0.5) is 0 Å². The van der Waals surface area contributed by atoms with Gasteiger partial charge in [-0.25, -0.2) is 0 Å². The Morgan fingerprint density at radius 1 is 1.12 bits per heavy atom. The molecule has 0 aliphatic carbocycles. The van der Waals surface area contributed by atoms with E-state index in [4.69, 9.17) is 9.15 Å². The Hall–Kier alpha value is -2.27. The van der Waals surface area contributed by atoms with Crippen molar-refractivity contribution in [2.45, 2.75) is 25.8 Å². The maximum Gasteiger partial charge on any atom is 0.223 e. The van der Waals surface area contributed by atoms with Crippen molar-refractivity contribution in [3.8, 4) is 5.75 Å². The van der Waals surface area contributed by atoms with Crippen LogP contribution in [0.3, 0.4) is 0 Å². The second-order valence-electron chi connectivity index (χ2n) is 6.78. The van der Waals surface area contributed by atoms with Crippen LogP contribution >= 0.6 is 0 Å². The molecule has 0 unspecified atom stereocenters. The van der Waals surface area contributed by atoms with Crippen LogP contribution in [0.5, 0.6) is 5.75 Å². The fourth-order valence-electron chi connectivity index (χ4n) is 3.59. The predicted molar refractivity (Wildman–Crippen MR) is 94.5 cm³/mol. The topological polar surface area (TPSA) is 45.9 Å². The van der Waals surface area contributed by atoms with Gasteiger partial charge in [-0.2, -0.15) is 0 Å². The lowest BCUT2D eigenvalue weighted by atomic mass is 10.1. The summed E-state index contributed by atoms with van der Waals surface area (Å²) in [5.41, 5.74) is 2.66. The monoisotopic (exact) mass is 340 g/mol. The lowest BCUT2D eigenvalue weighted by Gasteiger charge is -2.34. The number of benzene rings is 1. The molecule has 1 fully saturated rings. The third kappa shape index (κ3) is 3.87. The Bertz CT molecular complexity index is 719. The summed E-state index contributed by atoms with van der Waals surface area (Å²) < 4.78 is 10.9. The molecule has 0 atom stereocenters. The molecule has 2 aliphatic heterocycles. The summed E-state index contributed by atoms with van der Waals surface area (Å²) in [5, 5.41) is 0. The summed E-state index contributed by atoms with van der Waals surface area (Å²) in [7, 11) is 0. The summed E-state index contributed by atoms with van der Waals surface area (Å²) in [6.07, 6.45) is 3.88. The van der Waals surface area contributed by atoms with E-state index in [2.05, 4.69) is 23.1 Å². The number of furan rings is 1. The molecular weight excluding hydrogens is 316 g/mol. The number of aryl methyl sites for hydroxylation is 1. The van der Waals surface area contributed by atoms with Crippen molar-refractivity contribution in [2.24, 2.45) is 0 Å². The van der Waals surface area contributed by atoms with Crippen molar-refractivity contribution in [3.05, 3.63) is 53.5 Å². The summed E-state index contributed by atoms with van der Waals surface area (Å²) in [4.78, 5) is 16.7. The van der Waals surface area contributed by atoms with Gasteiger partial charge in [0, 0.05) is 52.0 Å². The van der Waals surface area contributed by atoms with Crippen LogP contribution in [0.15, 0.2) is 41.0 Å². The molecule has 5 heteroatoms. The first-order valence-electron chi connectivity index (χ1n) is 9.05. The van der Waals surface area contributed by atoms with E-state index in [1.807, 2.05) is 17.0 Å². The van der Waals surface area contributed by atoms with Gasteiger partial charge in [0.15, 0.2) is 0 Å². The van der Waals surface area contributed by atoms with Crippen LogP contribution in [0.1, 0.15) is 23.3 Å². The van der Waals surface area contributed by atoms with Crippen molar-refractivity contribution < 1.29 is 13.9 Å². The molecule has 132 valence electrons. The van der Waals surface area contributed by atoms with Crippen LogP contribution in [-0.4, -0.2) is 48.5 Å². The first-order chi connectivity index (χ1) is 12.3. The molecule has 0 bridgehead atoms. The first-order valence-corrected chi connectivity index (χ1v) is 9.05. The van der Waals surface area contributed by atoms with E-state index in [-0.39, 0.29) is 5.91 Å². The fourth-order valence-corrected chi connectivity index (χ4v) is 3.59. The van der Waals surface area contributed by atoms with Crippen LogP contribution in [0.2, 0.25) is 0 Å². The van der Waals surface area contributed by atoms with Gasteiger partial charge in [-0.1, -0.05) is 12.1 Å². The molecule has 25 heavy (non-hydrogen) atoms. The molecule has 0 N–H and O–H groups in total. The zero-order chi connectivity index (χ0) is 17.1. The van der Waals surface area contributed by atoms with E-state index in [0.717, 1.165) is 57.3 Å². The summed E-state index contributed by atoms with van der Waals surface area (Å²) in [6.45, 7) is 5.23. The Balaban J connectivity index is 1.24. The van der Waals surface area contributed by atoms with Crippen molar-refractivity contribution in [1.82, 2.24) is 9.80 Å². The van der Waals surface area contributed by atoms with E-state index in [1.165, 1.54) is 11.1 Å². The van der Waals surface area contributed by atoms with Gasteiger partial charge in [-0.3, -0.25) is 9.69 Å². The highest BCUT2D eigenvalue weighted by Crippen LogP contribution is 2.26.